The van der Waals surface area contributed by atoms with Crippen LogP contribution in [0.1, 0.15) is 37.3 Å². The summed E-state index contributed by atoms with van der Waals surface area (Å²) in [5, 5.41) is 2.30. The highest BCUT2D eigenvalue weighted by molar-refractivity contribution is 6.09. The van der Waals surface area contributed by atoms with Gasteiger partial charge in [0.15, 0.2) is 0 Å². The molecule has 9 rings (SSSR count). The SMILES string of the molecule is CC1(C)C2=CC=CCC2c2c(N(c3ccc(-c4ccccc4)cc3)c3ccc(-c4cccc5c4oc4ccccc45)cc3)cccc21. The zero-order valence-corrected chi connectivity index (χ0v) is 26.7. The van der Waals surface area contributed by atoms with Crippen molar-refractivity contribution in [2.75, 3.05) is 4.90 Å². The van der Waals surface area contributed by atoms with E-state index >= 15 is 0 Å². The fraction of sp³-hybridized carbons (Fsp3) is 0.111. The third-order valence-electron chi connectivity index (χ3n) is 10.3. The van der Waals surface area contributed by atoms with Crippen LogP contribution in [0.5, 0.6) is 0 Å². The molecular weight excluding hydrogens is 571 g/mol. The summed E-state index contributed by atoms with van der Waals surface area (Å²) in [6.45, 7) is 4.76. The van der Waals surface area contributed by atoms with Crippen LogP contribution in [0.3, 0.4) is 0 Å². The van der Waals surface area contributed by atoms with Crippen LogP contribution in [-0.4, -0.2) is 0 Å². The molecule has 1 aromatic heterocycles. The van der Waals surface area contributed by atoms with Crippen LogP contribution in [0.25, 0.3) is 44.2 Å². The first-order valence-corrected chi connectivity index (χ1v) is 16.5. The summed E-state index contributed by atoms with van der Waals surface area (Å²) in [7, 11) is 0. The van der Waals surface area contributed by atoms with Crippen molar-refractivity contribution in [3.8, 4) is 22.3 Å². The summed E-state index contributed by atoms with van der Waals surface area (Å²) in [6, 6.07) is 50.3. The van der Waals surface area contributed by atoms with Gasteiger partial charge in [0.25, 0.3) is 0 Å². The minimum absolute atomic E-state index is 0.0151. The molecule has 0 fully saturated rings. The summed E-state index contributed by atoms with van der Waals surface area (Å²) in [6.07, 6.45) is 7.94. The van der Waals surface area contributed by atoms with Gasteiger partial charge in [0.2, 0.25) is 0 Å². The Kier molecular flexibility index (Phi) is 6.33. The van der Waals surface area contributed by atoms with Crippen molar-refractivity contribution in [3.05, 3.63) is 174 Å². The fourth-order valence-corrected chi connectivity index (χ4v) is 7.99. The van der Waals surface area contributed by atoms with Crippen molar-refractivity contribution in [1.29, 1.82) is 0 Å². The third-order valence-corrected chi connectivity index (χ3v) is 10.3. The molecule has 1 atom stereocenters. The summed E-state index contributed by atoms with van der Waals surface area (Å²) in [5.41, 5.74) is 14.4. The molecule has 0 aliphatic heterocycles. The average Bonchev–Trinajstić information content (AvgIpc) is 3.62. The van der Waals surface area contributed by atoms with Crippen molar-refractivity contribution in [3.63, 3.8) is 0 Å². The van der Waals surface area contributed by atoms with E-state index in [1.54, 1.807) is 0 Å². The van der Waals surface area contributed by atoms with Gasteiger partial charge >= 0.3 is 0 Å². The first-order valence-electron chi connectivity index (χ1n) is 16.5. The number of rotatable bonds is 5. The molecule has 2 nitrogen and oxygen atoms in total. The molecule has 2 aliphatic carbocycles. The highest BCUT2D eigenvalue weighted by atomic mass is 16.3. The van der Waals surface area contributed by atoms with E-state index in [-0.39, 0.29) is 5.41 Å². The lowest BCUT2D eigenvalue weighted by molar-refractivity contribution is 0.612. The molecule has 0 saturated heterocycles. The molecule has 0 spiro atoms. The number of fused-ring (bicyclic) bond motifs is 6. The number of allylic oxidation sites excluding steroid dienone is 4. The first-order chi connectivity index (χ1) is 23.1. The number of hydrogen-bond donors (Lipinski definition) is 0. The molecule has 47 heavy (non-hydrogen) atoms. The van der Waals surface area contributed by atoms with E-state index in [1.165, 1.54) is 33.5 Å². The number of nitrogens with zero attached hydrogens (tertiary/aromatic N) is 1. The molecule has 0 bridgehead atoms. The van der Waals surface area contributed by atoms with Crippen LogP contribution in [-0.2, 0) is 5.41 Å². The molecule has 1 heterocycles. The van der Waals surface area contributed by atoms with Gasteiger partial charge in [0, 0.05) is 39.0 Å². The van der Waals surface area contributed by atoms with Crippen LogP contribution in [0, 0.1) is 0 Å². The Morgan fingerprint density at radius 3 is 2.06 bits per heavy atom. The molecule has 6 aromatic carbocycles. The monoisotopic (exact) mass is 605 g/mol. The van der Waals surface area contributed by atoms with Crippen LogP contribution >= 0.6 is 0 Å². The lowest BCUT2D eigenvalue weighted by Crippen LogP contribution is -2.17. The van der Waals surface area contributed by atoms with Gasteiger partial charge in [-0.2, -0.15) is 0 Å². The van der Waals surface area contributed by atoms with Crippen molar-refractivity contribution in [2.45, 2.75) is 31.6 Å². The quantitative estimate of drug-likeness (QED) is 0.194. The molecular formula is C45H35NO. The molecule has 0 amide bonds. The van der Waals surface area contributed by atoms with E-state index in [0.29, 0.717) is 5.92 Å². The zero-order valence-electron chi connectivity index (χ0n) is 26.7. The van der Waals surface area contributed by atoms with Crippen LogP contribution in [0.4, 0.5) is 17.1 Å². The van der Waals surface area contributed by atoms with Gasteiger partial charge in [0.05, 0.1) is 5.69 Å². The normalized spacial score (nSPS) is 16.2. The van der Waals surface area contributed by atoms with Gasteiger partial charge in [-0.3, -0.25) is 0 Å². The maximum Gasteiger partial charge on any atom is 0.143 e. The average molecular weight is 606 g/mol. The lowest BCUT2D eigenvalue weighted by Gasteiger charge is -2.30. The van der Waals surface area contributed by atoms with Crippen LogP contribution in [0.15, 0.2) is 168 Å². The Balaban J connectivity index is 1.19. The van der Waals surface area contributed by atoms with Gasteiger partial charge in [-0.05, 0) is 70.6 Å². The standard InChI is InChI=1S/C45H35NO/c1-45(2)39-18-8-6-15-38(39)43-40(45)19-11-20-41(43)46(33-26-22-31(23-27-33)30-12-4-3-5-13-30)34-28-24-32(25-29-34)35-16-10-17-37-36-14-7-9-21-42(36)47-44(35)37/h3-14,16-29,38H,15H2,1-2H3. The first kappa shape index (κ1) is 27.7. The Morgan fingerprint density at radius 2 is 1.28 bits per heavy atom. The maximum atomic E-state index is 6.40. The van der Waals surface area contributed by atoms with Gasteiger partial charge in [0.1, 0.15) is 11.2 Å². The molecule has 2 heteroatoms. The maximum absolute atomic E-state index is 6.40. The zero-order chi connectivity index (χ0) is 31.5. The minimum Gasteiger partial charge on any atom is -0.455 e. The molecule has 2 aliphatic rings. The number of hydrogen-bond acceptors (Lipinski definition) is 2. The molecule has 1 unspecified atom stereocenters. The van der Waals surface area contributed by atoms with E-state index < -0.39 is 0 Å². The van der Waals surface area contributed by atoms with Crippen molar-refractivity contribution >= 4 is 39.0 Å². The second-order valence-corrected chi connectivity index (χ2v) is 13.3. The van der Waals surface area contributed by atoms with Gasteiger partial charge in [-0.25, -0.2) is 0 Å². The summed E-state index contributed by atoms with van der Waals surface area (Å²) in [5.74, 6) is 0.372. The number of furan rings is 1. The molecule has 0 N–H and O–H groups in total. The van der Waals surface area contributed by atoms with E-state index in [2.05, 4.69) is 164 Å². The van der Waals surface area contributed by atoms with Gasteiger partial charge in [-0.15, -0.1) is 0 Å². The summed E-state index contributed by atoms with van der Waals surface area (Å²) in [4.78, 5) is 2.45. The number of benzene rings is 6. The lowest BCUT2D eigenvalue weighted by atomic mass is 9.79. The Morgan fingerprint density at radius 1 is 0.617 bits per heavy atom. The summed E-state index contributed by atoms with van der Waals surface area (Å²) >= 11 is 0. The fourth-order valence-electron chi connectivity index (χ4n) is 7.99. The molecule has 7 aromatic rings. The Labute approximate surface area is 275 Å². The van der Waals surface area contributed by atoms with Crippen molar-refractivity contribution in [1.82, 2.24) is 0 Å². The van der Waals surface area contributed by atoms with Crippen LogP contribution < -0.4 is 4.90 Å². The third kappa shape index (κ3) is 4.40. The van der Waals surface area contributed by atoms with E-state index in [1.807, 2.05) is 12.1 Å². The van der Waals surface area contributed by atoms with E-state index in [4.69, 9.17) is 4.42 Å². The van der Waals surface area contributed by atoms with Crippen molar-refractivity contribution < 1.29 is 4.42 Å². The van der Waals surface area contributed by atoms with E-state index in [9.17, 15) is 0 Å². The number of para-hydroxylation sites is 2. The topological polar surface area (TPSA) is 16.4 Å². The molecule has 226 valence electrons. The van der Waals surface area contributed by atoms with Crippen LogP contribution in [0.2, 0.25) is 0 Å². The minimum atomic E-state index is -0.0151. The highest BCUT2D eigenvalue weighted by Gasteiger charge is 2.43. The summed E-state index contributed by atoms with van der Waals surface area (Å²) < 4.78 is 6.40. The van der Waals surface area contributed by atoms with Crippen molar-refractivity contribution in [2.24, 2.45) is 0 Å². The molecule has 0 saturated carbocycles. The second kappa shape index (κ2) is 10.7. The molecule has 0 radical (unpaired) electrons. The highest BCUT2D eigenvalue weighted by Crippen LogP contribution is 2.57. The number of anilines is 3. The van der Waals surface area contributed by atoms with Gasteiger partial charge < -0.3 is 9.32 Å². The predicted molar refractivity (Wildman–Crippen MR) is 197 cm³/mol. The van der Waals surface area contributed by atoms with Gasteiger partial charge in [-0.1, -0.05) is 141 Å². The smallest absolute Gasteiger partial charge is 0.143 e. The Bertz CT molecular complexity index is 2340. The predicted octanol–water partition coefficient (Wildman–Crippen LogP) is 12.7. The second-order valence-electron chi connectivity index (χ2n) is 13.3. The van der Waals surface area contributed by atoms with E-state index in [0.717, 1.165) is 50.9 Å². The Hall–Kier alpha value is -5.60. The largest absolute Gasteiger partial charge is 0.455 e.